The Morgan fingerprint density at radius 2 is 1.91 bits per heavy atom. The van der Waals surface area contributed by atoms with Crippen LogP contribution in [0.1, 0.15) is 11.1 Å². The lowest BCUT2D eigenvalue weighted by Crippen LogP contribution is -2.16. The number of hydrogen-bond donors (Lipinski definition) is 3. The minimum atomic E-state index is -0.217. The van der Waals surface area contributed by atoms with Crippen molar-refractivity contribution in [2.45, 2.75) is 6.42 Å². The summed E-state index contributed by atoms with van der Waals surface area (Å²) in [6.07, 6.45) is 0.798. The molecule has 5 heteroatoms. The average molecular weight is 297 g/mol. The Morgan fingerprint density at radius 3 is 2.68 bits per heavy atom. The van der Waals surface area contributed by atoms with E-state index < -0.39 is 0 Å². The third kappa shape index (κ3) is 3.20. The van der Waals surface area contributed by atoms with E-state index in [9.17, 15) is 4.79 Å². The predicted molar refractivity (Wildman–Crippen MR) is 87.6 cm³/mol. The van der Waals surface area contributed by atoms with E-state index in [1.165, 1.54) is 5.56 Å². The Kier molecular flexibility index (Phi) is 4.25. The molecule has 0 bridgehead atoms. The molecule has 0 aliphatic rings. The fourth-order valence-corrected chi connectivity index (χ4v) is 2.48. The Balaban J connectivity index is 1.94. The molecule has 3 aromatic rings. The number of rotatable bonds is 6. The first-order valence-electron chi connectivity index (χ1n) is 7.32. The van der Waals surface area contributed by atoms with Crippen molar-refractivity contribution in [3.8, 4) is 5.75 Å². The van der Waals surface area contributed by atoms with Crippen LogP contribution >= 0.6 is 0 Å². The zero-order chi connectivity index (χ0) is 15.4. The molecule has 2 aromatic carbocycles. The SMILES string of the molecule is CNCCOc1cc(Cc2ccccc2)cc2[nH]c(=O)[nH]c12. The van der Waals surface area contributed by atoms with E-state index in [1.807, 2.05) is 37.4 Å². The molecular weight excluding hydrogens is 278 g/mol. The minimum Gasteiger partial charge on any atom is -0.490 e. The van der Waals surface area contributed by atoms with Gasteiger partial charge < -0.3 is 20.0 Å². The van der Waals surface area contributed by atoms with E-state index in [0.29, 0.717) is 12.4 Å². The topological polar surface area (TPSA) is 69.9 Å². The minimum absolute atomic E-state index is 0.217. The fraction of sp³-hybridized carbons (Fsp3) is 0.235. The van der Waals surface area contributed by atoms with Gasteiger partial charge in [-0.15, -0.1) is 0 Å². The van der Waals surface area contributed by atoms with Crippen LogP contribution in [-0.2, 0) is 6.42 Å². The molecule has 0 unspecified atom stereocenters. The molecule has 1 aromatic heterocycles. The number of nitrogens with one attached hydrogen (secondary N) is 3. The van der Waals surface area contributed by atoms with E-state index in [1.54, 1.807) is 0 Å². The largest absolute Gasteiger partial charge is 0.490 e. The van der Waals surface area contributed by atoms with Gasteiger partial charge in [0.25, 0.3) is 0 Å². The van der Waals surface area contributed by atoms with E-state index in [4.69, 9.17) is 4.74 Å². The third-order valence-corrected chi connectivity index (χ3v) is 3.51. The number of aromatic nitrogens is 2. The van der Waals surface area contributed by atoms with Crippen molar-refractivity contribution in [3.63, 3.8) is 0 Å². The van der Waals surface area contributed by atoms with Crippen molar-refractivity contribution in [3.05, 3.63) is 64.1 Å². The summed E-state index contributed by atoms with van der Waals surface area (Å²) in [7, 11) is 1.88. The maximum Gasteiger partial charge on any atom is 0.323 e. The highest BCUT2D eigenvalue weighted by molar-refractivity contribution is 5.82. The first kappa shape index (κ1) is 14.4. The number of H-pyrrole nitrogens is 2. The summed E-state index contributed by atoms with van der Waals surface area (Å²) < 4.78 is 5.80. The Labute approximate surface area is 128 Å². The summed E-state index contributed by atoms with van der Waals surface area (Å²) in [5.74, 6) is 0.706. The standard InChI is InChI=1S/C17H19N3O2/c1-18-7-8-22-15-11-13(9-12-5-3-2-4-6-12)10-14-16(15)20-17(21)19-14/h2-6,10-11,18H,7-9H2,1H3,(H2,19,20,21). The number of aromatic amines is 2. The van der Waals surface area contributed by atoms with Crippen molar-refractivity contribution in [1.29, 1.82) is 0 Å². The van der Waals surface area contributed by atoms with Gasteiger partial charge in [-0.05, 0) is 36.7 Å². The number of fused-ring (bicyclic) bond motifs is 1. The van der Waals surface area contributed by atoms with Crippen LogP contribution < -0.4 is 15.7 Å². The van der Waals surface area contributed by atoms with Gasteiger partial charge in [0.2, 0.25) is 0 Å². The van der Waals surface area contributed by atoms with Crippen LogP contribution in [0.25, 0.3) is 11.0 Å². The zero-order valence-electron chi connectivity index (χ0n) is 12.5. The van der Waals surface area contributed by atoms with Gasteiger partial charge in [0.15, 0.2) is 0 Å². The van der Waals surface area contributed by atoms with E-state index >= 15 is 0 Å². The molecule has 3 N–H and O–H groups in total. The summed E-state index contributed by atoms with van der Waals surface area (Å²) in [4.78, 5) is 17.2. The molecule has 3 rings (SSSR count). The van der Waals surface area contributed by atoms with Crippen molar-refractivity contribution in [2.24, 2.45) is 0 Å². The van der Waals surface area contributed by atoms with Crippen LogP contribution in [0.3, 0.4) is 0 Å². The second-order valence-corrected chi connectivity index (χ2v) is 5.21. The molecule has 1 heterocycles. The molecule has 0 aliphatic heterocycles. The molecule has 0 amide bonds. The van der Waals surface area contributed by atoms with Gasteiger partial charge in [-0.3, -0.25) is 0 Å². The number of likely N-dealkylation sites (N-methyl/N-ethyl adjacent to an activating group) is 1. The quantitative estimate of drug-likeness (QED) is 0.610. The molecule has 0 spiro atoms. The highest BCUT2D eigenvalue weighted by Gasteiger charge is 2.09. The average Bonchev–Trinajstić information content (AvgIpc) is 2.89. The summed E-state index contributed by atoms with van der Waals surface area (Å²) >= 11 is 0. The number of ether oxygens (including phenoxy) is 1. The summed E-state index contributed by atoms with van der Waals surface area (Å²) in [6.45, 7) is 1.30. The van der Waals surface area contributed by atoms with Gasteiger partial charge in [0.1, 0.15) is 17.9 Å². The Bertz CT molecular complexity index is 806. The number of benzene rings is 2. The van der Waals surface area contributed by atoms with Gasteiger partial charge in [-0.1, -0.05) is 30.3 Å². The molecule has 0 fully saturated rings. The van der Waals surface area contributed by atoms with Gasteiger partial charge >= 0.3 is 5.69 Å². The van der Waals surface area contributed by atoms with Gasteiger partial charge in [0, 0.05) is 6.54 Å². The van der Waals surface area contributed by atoms with Gasteiger partial charge in [0.05, 0.1) is 5.52 Å². The second kappa shape index (κ2) is 6.49. The van der Waals surface area contributed by atoms with Crippen LogP contribution in [-0.4, -0.2) is 30.2 Å². The van der Waals surface area contributed by atoms with Crippen LogP contribution in [0, 0.1) is 0 Å². The van der Waals surface area contributed by atoms with Crippen molar-refractivity contribution < 1.29 is 4.74 Å². The fourth-order valence-electron chi connectivity index (χ4n) is 2.48. The van der Waals surface area contributed by atoms with E-state index in [2.05, 4.69) is 27.4 Å². The molecule has 114 valence electrons. The highest BCUT2D eigenvalue weighted by atomic mass is 16.5. The van der Waals surface area contributed by atoms with Crippen LogP contribution in [0.5, 0.6) is 5.75 Å². The Morgan fingerprint density at radius 1 is 1.09 bits per heavy atom. The summed E-state index contributed by atoms with van der Waals surface area (Å²) in [5.41, 5.74) is 3.61. The predicted octanol–water partition coefficient (Wildman–Crippen LogP) is 2.05. The van der Waals surface area contributed by atoms with Crippen molar-refractivity contribution in [1.82, 2.24) is 15.3 Å². The molecule has 0 atom stereocenters. The Hall–Kier alpha value is -2.53. The highest BCUT2D eigenvalue weighted by Crippen LogP contribution is 2.25. The van der Waals surface area contributed by atoms with E-state index in [-0.39, 0.29) is 5.69 Å². The molecule has 0 radical (unpaired) electrons. The van der Waals surface area contributed by atoms with Crippen LogP contribution in [0.4, 0.5) is 0 Å². The zero-order valence-corrected chi connectivity index (χ0v) is 12.5. The maximum atomic E-state index is 11.6. The molecule has 0 aliphatic carbocycles. The smallest absolute Gasteiger partial charge is 0.323 e. The lowest BCUT2D eigenvalue weighted by molar-refractivity contribution is 0.321. The number of hydrogen-bond acceptors (Lipinski definition) is 3. The molecular formula is C17H19N3O2. The third-order valence-electron chi connectivity index (χ3n) is 3.51. The molecule has 0 saturated carbocycles. The first-order chi connectivity index (χ1) is 10.8. The van der Waals surface area contributed by atoms with Crippen LogP contribution in [0.15, 0.2) is 47.3 Å². The summed E-state index contributed by atoms with van der Waals surface area (Å²) in [5, 5.41) is 3.04. The normalized spacial score (nSPS) is 11.0. The lowest BCUT2D eigenvalue weighted by atomic mass is 10.0. The second-order valence-electron chi connectivity index (χ2n) is 5.21. The first-order valence-corrected chi connectivity index (χ1v) is 7.32. The van der Waals surface area contributed by atoms with Crippen molar-refractivity contribution >= 4 is 11.0 Å². The van der Waals surface area contributed by atoms with Gasteiger partial charge in [-0.2, -0.15) is 0 Å². The molecule has 22 heavy (non-hydrogen) atoms. The monoisotopic (exact) mass is 297 g/mol. The molecule has 5 nitrogen and oxygen atoms in total. The summed E-state index contributed by atoms with van der Waals surface area (Å²) in [6, 6.07) is 14.2. The van der Waals surface area contributed by atoms with Gasteiger partial charge in [-0.25, -0.2) is 4.79 Å². The number of imidazole rings is 1. The van der Waals surface area contributed by atoms with Crippen molar-refractivity contribution in [2.75, 3.05) is 20.2 Å². The lowest BCUT2D eigenvalue weighted by Gasteiger charge is -2.09. The van der Waals surface area contributed by atoms with E-state index in [0.717, 1.165) is 29.6 Å². The maximum absolute atomic E-state index is 11.6. The van der Waals surface area contributed by atoms with Crippen LogP contribution in [0.2, 0.25) is 0 Å². The molecule has 0 saturated heterocycles.